The summed E-state index contributed by atoms with van der Waals surface area (Å²) in [7, 11) is 0. The Morgan fingerprint density at radius 2 is 1.80 bits per heavy atom. The Hall–Kier alpha value is -1.67. The Bertz CT molecular complexity index is 703. The van der Waals surface area contributed by atoms with Crippen LogP contribution in [0.15, 0.2) is 6.07 Å². The molecule has 4 heterocycles. The van der Waals surface area contributed by atoms with Crippen molar-refractivity contribution in [2.24, 2.45) is 0 Å². The van der Waals surface area contributed by atoms with Crippen LogP contribution in [0.2, 0.25) is 0 Å². The molecule has 0 spiro atoms. The number of piperidine rings is 1. The largest absolute Gasteiger partial charge is 0.376 e. The molecule has 1 aromatic heterocycles. The molecule has 0 amide bonds. The third-order valence-corrected chi connectivity index (χ3v) is 6.71. The minimum absolute atomic E-state index is 0.249. The molecule has 0 radical (unpaired) electrons. The van der Waals surface area contributed by atoms with Gasteiger partial charge in [0.05, 0.1) is 6.10 Å². The van der Waals surface area contributed by atoms with E-state index in [0.29, 0.717) is 17.1 Å². The van der Waals surface area contributed by atoms with Crippen molar-refractivity contribution in [2.45, 2.75) is 76.9 Å². The summed E-state index contributed by atoms with van der Waals surface area (Å²) < 4.78 is 5.68. The van der Waals surface area contributed by atoms with E-state index < -0.39 is 0 Å². The van der Waals surface area contributed by atoms with Crippen LogP contribution in [0.3, 0.4) is 0 Å². The number of nitrogens with zero attached hydrogens (tertiary/aromatic N) is 4. The van der Waals surface area contributed by atoms with Crippen LogP contribution in [0.5, 0.6) is 0 Å². The lowest BCUT2D eigenvalue weighted by Crippen LogP contribution is -2.39. The van der Waals surface area contributed by atoms with Gasteiger partial charge in [0.15, 0.2) is 5.11 Å². The average Bonchev–Trinajstić information content (AvgIpc) is 3.12. The second-order valence-electron chi connectivity index (χ2n) is 8.82. The maximum Gasteiger partial charge on any atom is 0.232 e. The second kappa shape index (κ2) is 10.6. The van der Waals surface area contributed by atoms with Crippen molar-refractivity contribution >= 4 is 34.9 Å². The van der Waals surface area contributed by atoms with Gasteiger partial charge in [-0.15, -0.1) is 0 Å². The Morgan fingerprint density at radius 3 is 2.53 bits per heavy atom. The first-order valence-electron chi connectivity index (χ1n) is 11.8. The van der Waals surface area contributed by atoms with E-state index in [4.69, 9.17) is 26.9 Å². The van der Waals surface area contributed by atoms with E-state index in [1.807, 2.05) is 0 Å². The zero-order valence-corrected chi connectivity index (χ0v) is 19.1. The van der Waals surface area contributed by atoms with Gasteiger partial charge in [-0.05, 0) is 64.1 Å². The van der Waals surface area contributed by atoms with Gasteiger partial charge in [-0.25, -0.2) is 0 Å². The van der Waals surface area contributed by atoms with Crippen LogP contribution in [0.1, 0.15) is 64.7 Å². The van der Waals surface area contributed by atoms with Crippen LogP contribution in [0.25, 0.3) is 0 Å². The molecule has 30 heavy (non-hydrogen) atoms. The van der Waals surface area contributed by atoms with E-state index in [2.05, 4.69) is 33.4 Å². The number of hydrogen-bond acceptors (Lipinski definition) is 6. The van der Waals surface area contributed by atoms with Crippen molar-refractivity contribution in [3.05, 3.63) is 6.07 Å². The van der Waals surface area contributed by atoms with Crippen LogP contribution in [0.4, 0.5) is 17.6 Å². The zero-order valence-electron chi connectivity index (χ0n) is 18.2. The van der Waals surface area contributed by atoms with Gasteiger partial charge in [-0.2, -0.15) is 9.97 Å². The fourth-order valence-corrected chi connectivity index (χ4v) is 4.86. The van der Waals surface area contributed by atoms with Crippen LogP contribution in [-0.4, -0.2) is 60.0 Å². The van der Waals surface area contributed by atoms with Gasteiger partial charge < -0.3 is 25.2 Å². The molecule has 2 N–H and O–H groups in total. The van der Waals surface area contributed by atoms with E-state index in [1.165, 1.54) is 44.9 Å². The van der Waals surface area contributed by atoms with E-state index in [-0.39, 0.29) is 6.10 Å². The van der Waals surface area contributed by atoms with Gasteiger partial charge in [0, 0.05) is 44.9 Å². The molecule has 8 heteroatoms. The molecule has 3 fully saturated rings. The third-order valence-electron chi connectivity index (χ3n) is 6.47. The molecule has 7 nitrogen and oxygen atoms in total. The highest BCUT2D eigenvalue weighted by atomic mass is 32.1. The summed E-state index contributed by atoms with van der Waals surface area (Å²) in [5.41, 5.74) is 0. The van der Waals surface area contributed by atoms with Crippen LogP contribution < -0.4 is 20.4 Å². The molecule has 2 atom stereocenters. The average molecular weight is 433 g/mol. The number of ether oxygens (including phenoxy) is 1. The van der Waals surface area contributed by atoms with Crippen molar-refractivity contribution in [1.29, 1.82) is 0 Å². The number of thiocarbonyl (C=S) groups is 1. The molecular formula is C22H36N6OS. The van der Waals surface area contributed by atoms with Crippen molar-refractivity contribution in [3.8, 4) is 0 Å². The van der Waals surface area contributed by atoms with Gasteiger partial charge >= 0.3 is 0 Å². The summed E-state index contributed by atoms with van der Waals surface area (Å²) in [5, 5.41) is 7.09. The number of nitrogens with one attached hydrogen (secondary N) is 2. The summed E-state index contributed by atoms with van der Waals surface area (Å²) in [6.07, 6.45) is 11.3. The highest BCUT2D eigenvalue weighted by Crippen LogP contribution is 2.28. The van der Waals surface area contributed by atoms with Gasteiger partial charge in [0.25, 0.3) is 0 Å². The number of anilines is 3. The number of hydrogen-bond donors (Lipinski definition) is 2. The van der Waals surface area contributed by atoms with E-state index in [1.54, 1.807) is 0 Å². The lowest BCUT2D eigenvalue weighted by atomic mass is 10.0. The molecular weight excluding hydrogens is 396 g/mol. The number of rotatable bonds is 5. The monoisotopic (exact) mass is 432 g/mol. The van der Waals surface area contributed by atoms with Gasteiger partial charge in [0.2, 0.25) is 5.95 Å². The standard InChI is InChI=1S/C22H36N6OS/c1-17-9-4-7-13-28(17)20-15-19(27-11-5-2-3-6-12-27)24-21(25-20)26-22(30)23-16-18-10-8-14-29-18/h15,17-18H,2-14,16H2,1H3,(H2,23,24,25,26,30). The summed E-state index contributed by atoms with van der Waals surface area (Å²) in [4.78, 5) is 14.6. The van der Waals surface area contributed by atoms with E-state index in [9.17, 15) is 0 Å². The predicted octanol–water partition coefficient (Wildman–Crippen LogP) is 3.70. The minimum atomic E-state index is 0.249. The Kier molecular flexibility index (Phi) is 7.60. The quantitative estimate of drug-likeness (QED) is 0.683. The Balaban J connectivity index is 1.50. The Labute approximate surface area is 186 Å². The summed E-state index contributed by atoms with van der Waals surface area (Å²) >= 11 is 5.53. The lowest BCUT2D eigenvalue weighted by Gasteiger charge is -2.35. The summed E-state index contributed by atoms with van der Waals surface area (Å²) in [6.45, 7) is 7.06. The first-order chi connectivity index (χ1) is 14.7. The molecule has 3 aliphatic rings. The molecule has 3 aliphatic heterocycles. The SMILES string of the molecule is CC1CCCCN1c1cc(N2CCCCCC2)nc(NC(=S)NCC2CCCO2)n1. The van der Waals surface area contributed by atoms with Crippen LogP contribution in [-0.2, 0) is 4.74 Å². The minimum Gasteiger partial charge on any atom is -0.376 e. The molecule has 1 aromatic rings. The molecule has 0 aliphatic carbocycles. The topological polar surface area (TPSA) is 65.5 Å². The predicted molar refractivity (Wildman–Crippen MR) is 127 cm³/mol. The fourth-order valence-electron chi connectivity index (χ4n) is 4.68. The van der Waals surface area contributed by atoms with Crippen molar-refractivity contribution < 1.29 is 4.74 Å². The van der Waals surface area contributed by atoms with E-state index in [0.717, 1.165) is 57.3 Å². The summed E-state index contributed by atoms with van der Waals surface area (Å²) in [5.74, 6) is 2.62. The molecule has 4 rings (SSSR count). The zero-order chi connectivity index (χ0) is 20.8. The van der Waals surface area contributed by atoms with Crippen molar-refractivity contribution in [3.63, 3.8) is 0 Å². The first-order valence-corrected chi connectivity index (χ1v) is 12.2. The van der Waals surface area contributed by atoms with Gasteiger partial charge in [-0.3, -0.25) is 0 Å². The van der Waals surface area contributed by atoms with E-state index >= 15 is 0 Å². The smallest absolute Gasteiger partial charge is 0.232 e. The van der Waals surface area contributed by atoms with Gasteiger partial charge in [0.1, 0.15) is 11.6 Å². The normalized spacial score (nSPS) is 25.1. The van der Waals surface area contributed by atoms with Crippen molar-refractivity contribution in [1.82, 2.24) is 15.3 Å². The summed E-state index contributed by atoms with van der Waals surface area (Å²) in [6, 6.07) is 2.68. The molecule has 0 bridgehead atoms. The molecule has 166 valence electrons. The molecule has 2 unspecified atom stereocenters. The molecule has 0 saturated carbocycles. The highest BCUT2D eigenvalue weighted by Gasteiger charge is 2.23. The maximum absolute atomic E-state index is 5.68. The highest BCUT2D eigenvalue weighted by molar-refractivity contribution is 7.80. The van der Waals surface area contributed by atoms with Crippen LogP contribution in [0, 0.1) is 0 Å². The maximum atomic E-state index is 5.68. The lowest BCUT2D eigenvalue weighted by molar-refractivity contribution is 0.114. The third kappa shape index (κ3) is 5.72. The van der Waals surface area contributed by atoms with Crippen molar-refractivity contribution in [2.75, 3.05) is 47.9 Å². The first kappa shape index (κ1) is 21.6. The second-order valence-corrected chi connectivity index (χ2v) is 9.23. The number of aromatic nitrogens is 2. The van der Waals surface area contributed by atoms with Crippen LogP contribution >= 0.6 is 12.2 Å². The Morgan fingerprint density at radius 1 is 1.03 bits per heavy atom. The fraction of sp³-hybridized carbons (Fsp3) is 0.773. The van der Waals surface area contributed by atoms with Gasteiger partial charge in [-0.1, -0.05) is 12.8 Å². The molecule has 0 aromatic carbocycles. The molecule has 3 saturated heterocycles.